The van der Waals surface area contributed by atoms with Crippen molar-refractivity contribution in [1.29, 1.82) is 0 Å². The Hall–Kier alpha value is -2.22. The Labute approximate surface area is 101 Å². The molecule has 0 aromatic heterocycles. The molecule has 2 heterocycles. The fourth-order valence-corrected chi connectivity index (χ4v) is 1.60. The van der Waals surface area contributed by atoms with Crippen LogP contribution in [0.15, 0.2) is 12.2 Å². The molecule has 1 atom stereocenters. The SMILES string of the molecule is O=C(CN1C(=O)C=CC1O)ON1C(=O)CCC1=O. The number of hydrogen-bond acceptors (Lipinski definition) is 6. The standard InChI is InChI=1S/C10H10N2O6/c13-6-1-2-7(14)11(6)5-10(17)18-12-8(15)3-4-9(12)16/h1-2,6,13H,3-5H2. The van der Waals surface area contributed by atoms with Gasteiger partial charge in [-0.25, -0.2) is 4.79 Å². The number of aliphatic hydroxyl groups excluding tert-OH is 1. The van der Waals surface area contributed by atoms with Crippen LogP contribution >= 0.6 is 0 Å². The van der Waals surface area contributed by atoms with Gasteiger partial charge in [-0.2, -0.15) is 0 Å². The number of imide groups is 1. The molecule has 2 aliphatic heterocycles. The summed E-state index contributed by atoms with van der Waals surface area (Å²) < 4.78 is 0. The molecule has 0 saturated carbocycles. The highest BCUT2D eigenvalue weighted by Gasteiger charge is 2.34. The van der Waals surface area contributed by atoms with Crippen LogP contribution in [-0.4, -0.2) is 51.5 Å². The highest BCUT2D eigenvalue weighted by atomic mass is 16.7. The topological polar surface area (TPSA) is 104 Å². The van der Waals surface area contributed by atoms with Crippen molar-refractivity contribution in [3.63, 3.8) is 0 Å². The summed E-state index contributed by atoms with van der Waals surface area (Å²) in [5.41, 5.74) is 0. The highest BCUT2D eigenvalue weighted by Crippen LogP contribution is 2.13. The molecular weight excluding hydrogens is 244 g/mol. The number of nitrogens with zero attached hydrogens (tertiary/aromatic N) is 2. The van der Waals surface area contributed by atoms with Crippen molar-refractivity contribution in [2.45, 2.75) is 19.1 Å². The van der Waals surface area contributed by atoms with Gasteiger partial charge in [0, 0.05) is 18.9 Å². The van der Waals surface area contributed by atoms with Crippen LogP contribution in [0.1, 0.15) is 12.8 Å². The first-order valence-corrected chi connectivity index (χ1v) is 5.22. The van der Waals surface area contributed by atoms with E-state index in [1.807, 2.05) is 0 Å². The van der Waals surface area contributed by atoms with Crippen molar-refractivity contribution >= 4 is 23.7 Å². The van der Waals surface area contributed by atoms with E-state index >= 15 is 0 Å². The fourth-order valence-electron chi connectivity index (χ4n) is 1.60. The van der Waals surface area contributed by atoms with Crippen molar-refractivity contribution < 1.29 is 29.1 Å². The zero-order valence-electron chi connectivity index (χ0n) is 9.24. The Bertz CT molecular complexity index is 441. The van der Waals surface area contributed by atoms with Gasteiger partial charge in [-0.3, -0.25) is 19.3 Å². The van der Waals surface area contributed by atoms with Crippen LogP contribution in [0.4, 0.5) is 0 Å². The molecule has 0 aliphatic carbocycles. The molecule has 1 saturated heterocycles. The van der Waals surface area contributed by atoms with E-state index in [0.29, 0.717) is 5.06 Å². The van der Waals surface area contributed by atoms with Crippen LogP contribution in [0.25, 0.3) is 0 Å². The third-order valence-corrected chi connectivity index (χ3v) is 2.51. The summed E-state index contributed by atoms with van der Waals surface area (Å²) in [5.74, 6) is -2.70. The van der Waals surface area contributed by atoms with Gasteiger partial charge in [-0.1, -0.05) is 0 Å². The molecule has 18 heavy (non-hydrogen) atoms. The minimum atomic E-state index is -1.20. The lowest BCUT2D eigenvalue weighted by Crippen LogP contribution is -2.41. The molecule has 0 spiro atoms. The average Bonchev–Trinajstić information content (AvgIpc) is 2.79. The molecule has 0 bridgehead atoms. The third-order valence-electron chi connectivity index (χ3n) is 2.51. The van der Waals surface area contributed by atoms with E-state index in [-0.39, 0.29) is 12.8 Å². The Balaban J connectivity index is 1.91. The molecule has 0 aromatic rings. The lowest BCUT2D eigenvalue weighted by Gasteiger charge is -2.20. The molecule has 8 heteroatoms. The first-order chi connectivity index (χ1) is 8.49. The van der Waals surface area contributed by atoms with E-state index < -0.39 is 36.5 Å². The van der Waals surface area contributed by atoms with Gasteiger partial charge in [0.15, 0.2) is 0 Å². The van der Waals surface area contributed by atoms with E-state index in [1.165, 1.54) is 6.08 Å². The van der Waals surface area contributed by atoms with Gasteiger partial charge in [0.25, 0.3) is 11.8 Å². The lowest BCUT2D eigenvalue weighted by molar-refractivity contribution is -0.199. The van der Waals surface area contributed by atoms with Crippen LogP contribution in [0.3, 0.4) is 0 Å². The smallest absolute Gasteiger partial charge is 0.352 e. The van der Waals surface area contributed by atoms with Crippen LogP contribution in [-0.2, 0) is 24.0 Å². The molecule has 0 aromatic carbocycles. The van der Waals surface area contributed by atoms with E-state index in [1.54, 1.807) is 0 Å². The lowest BCUT2D eigenvalue weighted by atomic mass is 10.4. The molecule has 96 valence electrons. The third kappa shape index (κ3) is 2.23. The second-order valence-corrected chi connectivity index (χ2v) is 3.78. The Morgan fingerprint density at radius 2 is 1.94 bits per heavy atom. The fraction of sp³-hybridized carbons (Fsp3) is 0.400. The zero-order chi connectivity index (χ0) is 13.3. The van der Waals surface area contributed by atoms with Crippen LogP contribution < -0.4 is 0 Å². The number of carbonyl (C=O) groups is 4. The number of hydrogen-bond donors (Lipinski definition) is 1. The maximum atomic E-state index is 11.4. The van der Waals surface area contributed by atoms with Crippen molar-refractivity contribution in [2.24, 2.45) is 0 Å². The minimum absolute atomic E-state index is 0.00105. The molecule has 1 unspecified atom stereocenters. The monoisotopic (exact) mass is 254 g/mol. The predicted molar refractivity (Wildman–Crippen MR) is 54.0 cm³/mol. The summed E-state index contributed by atoms with van der Waals surface area (Å²) in [5, 5.41) is 9.73. The number of aliphatic hydroxyl groups is 1. The summed E-state index contributed by atoms with van der Waals surface area (Å²) in [6.45, 7) is -0.538. The van der Waals surface area contributed by atoms with Gasteiger partial charge < -0.3 is 9.94 Å². The normalized spacial score (nSPS) is 23.2. The number of amides is 3. The van der Waals surface area contributed by atoms with E-state index in [9.17, 15) is 24.3 Å². The number of rotatable bonds is 3. The summed E-state index contributed by atoms with van der Waals surface area (Å²) in [6, 6.07) is 0. The van der Waals surface area contributed by atoms with Crippen molar-refractivity contribution in [3.8, 4) is 0 Å². The molecule has 3 amide bonds. The van der Waals surface area contributed by atoms with Gasteiger partial charge >= 0.3 is 5.97 Å². The summed E-state index contributed by atoms with van der Waals surface area (Å²) in [7, 11) is 0. The summed E-state index contributed by atoms with van der Waals surface area (Å²) in [6.07, 6.45) is 1.12. The molecule has 2 aliphatic rings. The van der Waals surface area contributed by atoms with Crippen LogP contribution in [0.2, 0.25) is 0 Å². The summed E-state index contributed by atoms with van der Waals surface area (Å²) >= 11 is 0. The van der Waals surface area contributed by atoms with Gasteiger partial charge in [0.05, 0.1) is 0 Å². The van der Waals surface area contributed by atoms with Gasteiger partial charge in [-0.15, -0.1) is 5.06 Å². The molecule has 2 rings (SSSR count). The van der Waals surface area contributed by atoms with Crippen LogP contribution in [0, 0.1) is 0 Å². The van der Waals surface area contributed by atoms with Crippen molar-refractivity contribution in [1.82, 2.24) is 9.96 Å². The highest BCUT2D eigenvalue weighted by molar-refractivity contribution is 6.01. The molecule has 0 radical (unpaired) electrons. The first kappa shape index (κ1) is 12.2. The zero-order valence-corrected chi connectivity index (χ0v) is 9.24. The van der Waals surface area contributed by atoms with Crippen LogP contribution in [0.5, 0.6) is 0 Å². The van der Waals surface area contributed by atoms with E-state index in [0.717, 1.165) is 11.0 Å². The predicted octanol–water partition coefficient (Wildman–Crippen LogP) is -1.69. The molecule has 1 fully saturated rings. The molecule has 1 N–H and O–H groups in total. The van der Waals surface area contributed by atoms with E-state index in [4.69, 9.17) is 0 Å². The van der Waals surface area contributed by atoms with Gasteiger partial charge in [0.1, 0.15) is 12.8 Å². The average molecular weight is 254 g/mol. The van der Waals surface area contributed by atoms with Gasteiger partial charge in [0.2, 0.25) is 5.91 Å². The first-order valence-electron chi connectivity index (χ1n) is 5.22. The molecular formula is C10H10N2O6. The van der Waals surface area contributed by atoms with E-state index in [2.05, 4.69) is 4.84 Å². The van der Waals surface area contributed by atoms with Gasteiger partial charge in [-0.05, 0) is 6.08 Å². The minimum Gasteiger partial charge on any atom is -0.370 e. The molecule has 8 nitrogen and oxygen atoms in total. The second-order valence-electron chi connectivity index (χ2n) is 3.78. The largest absolute Gasteiger partial charge is 0.370 e. The number of hydroxylamine groups is 2. The van der Waals surface area contributed by atoms with Crippen molar-refractivity contribution in [3.05, 3.63) is 12.2 Å². The maximum absolute atomic E-state index is 11.4. The number of carbonyl (C=O) groups excluding carboxylic acids is 4. The Kier molecular flexibility index (Phi) is 3.11. The Morgan fingerprint density at radius 1 is 1.33 bits per heavy atom. The van der Waals surface area contributed by atoms with Crippen molar-refractivity contribution in [2.75, 3.05) is 6.54 Å². The Morgan fingerprint density at radius 3 is 2.44 bits per heavy atom. The maximum Gasteiger partial charge on any atom is 0.352 e. The summed E-state index contributed by atoms with van der Waals surface area (Å²) in [4.78, 5) is 50.4. The quantitative estimate of drug-likeness (QED) is 0.602. The second kappa shape index (κ2) is 4.57.